The van der Waals surface area contributed by atoms with E-state index in [1.807, 2.05) is 0 Å². The molecule has 0 saturated heterocycles. The molecule has 0 aliphatic rings. The van der Waals surface area contributed by atoms with Crippen molar-refractivity contribution in [3.05, 3.63) is 65.5 Å². The standard InChI is InChI=1S/C15H15F3N2O/c16-12-7-3-1-5-10(12)9-13(20-19)11-6-2-4-8-14(11)21-15(17)18/h1-8,13,15,20H,9,19H2. The maximum absolute atomic E-state index is 13.7. The number of alkyl halides is 2. The van der Waals surface area contributed by atoms with Crippen molar-refractivity contribution < 1.29 is 17.9 Å². The second-order valence-electron chi connectivity index (χ2n) is 4.43. The fourth-order valence-electron chi connectivity index (χ4n) is 2.11. The zero-order chi connectivity index (χ0) is 15.2. The predicted octanol–water partition coefficient (Wildman–Crippen LogP) is 3.17. The molecule has 6 heteroatoms. The van der Waals surface area contributed by atoms with E-state index in [1.165, 1.54) is 12.1 Å². The van der Waals surface area contributed by atoms with Crippen molar-refractivity contribution in [3.8, 4) is 5.75 Å². The third kappa shape index (κ3) is 3.96. The topological polar surface area (TPSA) is 47.3 Å². The Balaban J connectivity index is 2.27. The molecule has 1 unspecified atom stereocenters. The molecule has 1 atom stereocenters. The van der Waals surface area contributed by atoms with E-state index in [0.717, 1.165) is 0 Å². The molecule has 112 valence electrons. The molecule has 0 radical (unpaired) electrons. The molecule has 2 aromatic rings. The van der Waals surface area contributed by atoms with Crippen molar-refractivity contribution in [2.24, 2.45) is 5.84 Å². The van der Waals surface area contributed by atoms with Crippen molar-refractivity contribution in [1.82, 2.24) is 5.43 Å². The van der Waals surface area contributed by atoms with Gasteiger partial charge < -0.3 is 4.74 Å². The molecule has 0 amide bonds. The Bertz CT molecular complexity index is 593. The van der Waals surface area contributed by atoms with Gasteiger partial charge in [-0.05, 0) is 24.1 Å². The number of hydrogen-bond donors (Lipinski definition) is 2. The van der Waals surface area contributed by atoms with Gasteiger partial charge in [0.15, 0.2) is 0 Å². The maximum atomic E-state index is 13.7. The molecular formula is C15H15F3N2O. The molecule has 0 heterocycles. The third-order valence-corrected chi connectivity index (χ3v) is 3.09. The predicted molar refractivity (Wildman–Crippen MR) is 73.2 cm³/mol. The maximum Gasteiger partial charge on any atom is 0.387 e. The minimum absolute atomic E-state index is 0.0202. The average Bonchev–Trinajstić information content (AvgIpc) is 2.47. The highest BCUT2D eigenvalue weighted by atomic mass is 19.3. The van der Waals surface area contributed by atoms with Crippen molar-refractivity contribution in [3.63, 3.8) is 0 Å². The summed E-state index contributed by atoms with van der Waals surface area (Å²) in [7, 11) is 0. The van der Waals surface area contributed by atoms with Crippen molar-refractivity contribution in [2.45, 2.75) is 19.1 Å². The number of nitrogens with one attached hydrogen (secondary N) is 1. The molecule has 2 aromatic carbocycles. The van der Waals surface area contributed by atoms with Gasteiger partial charge in [0.25, 0.3) is 0 Å². The molecule has 3 N–H and O–H groups in total. The summed E-state index contributed by atoms with van der Waals surface area (Å²) < 4.78 is 43.0. The van der Waals surface area contributed by atoms with Crippen LogP contribution >= 0.6 is 0 Å². The van der Waals surface area contributed by atoms with E-state index in [0.29, 0.717) is 11.1 Å². The van der Waals surface area contributed by atoms with Gasteiger partial charge in [0, 0.05) is 5.56 Å². The van der Waals surface area contributed by atoms with Crippen molar-refractivity contribution >= 4 is 0 Å². The lowest BCUT2D eigenvalue weighted by molar-refractivity contribution is -0.0507. The first kappa shape index (κ1) is 15.3. The van der Waals surface area contributed by atoms with Gasteiger partial charge in [0.2, 0.25) is 0 Å². The molecule has 0 aliphatic heterocycles. The second kappa shape index (κ2) is 7.10. The molecule has 0 aromatic heterocycles. The van der Waals surface area contributed by atoms with Crippen LogP contribution in [0.5, 0.6) is 5.75 Å². The van der Waals surface area contributed by atoms with Crippen molar-refractivity contribution in [2.75, 3.05) is 0 Å². The Morgan fingerprint density at radius 3 is 2.38 bits per heavy atom. The molecular weight excluding hydrogens is 281 g/mol. The van der Waals surface area contributed by atoms with E-state index in [9.17, 15) is 13.2 Å². The third-order valence-electron chi connectivity index (χ3n) is 3.09. The lowest BCUT2D eigenvalue weighted by Gasteiger charge is -2.20. The minimum atomic E-state index is -2.93. The van der Waals surface area contributed by atoms with E-state index in [4.69, 9.17) is 5.84 Å². The number of benzene rings is 2. The number of rotatable bonds is 6. The van der Waals surface area contributed by atoms with E-state index >= 15 is 0 Å². The van der Waals surface area contributed by atoms with Gasteiger partial charge in [-0.25, -0.2) is 4.39 Å². The van der Waals surface area contributed by atoms with Crippen LogP contribution in [0.4, 0.5) is 13.2 Å². The Labute approximate surface area is 120 Å². The Kier molecular flexibility index (Phi) is 5.19. The van der Waals surface area contributed by atoms with Gasteiger partial charge in [0.05, 0.1) is 6.04 Å². The summed E-state index contributed by atoms with van der Waals surface area (Å²) >= 11 is 0. The molecule has 21 heavy (non-hydrogen) atoms. The first-order chi connectivity index (χ1) is 10.1. The van der Waals surface area contributed by atoms with Crippen LogP contribution in [-0.4, -0.2) is 6.61 Å². The van der Waals surface area contributed by atoms with Gasteiger partial charge in [0.1, 0.15) is 11.6 Å². The van der Waals surface area contributed by atoms with Crippen LogP contribution in [0.15, 0.2) is 48.5 Å². The molecule has 0 aliphatic carbocycles. The lowest BCUT2D eigenvalue weighted by Crippen LogP contribution is -2.30. The quantitative estimate of drug-likeness (QED) is 0.636. The number of hydrazine groups is 1. The Hall–Kier alpha value is -2.05. The fraction of sp³-hybridized carbons (Fsp3) is 0.200. The summed E-state index contributed by atoms with van der Waals surface area (Å²) in [6, 6.07) is 12.0. The molecule has 0 saturated carbocycles. The first-order valence-corrected chi connectivity index (χ1v) is 6.35. The highest BCUT2D eigenvalue weighted by Gasteiger charge is 2.18. The van der Waals surface area contributed by atoms with Gasteiger partial charge in [-0.15, -0.1) is 0 Å². The smallest absolute Gasteiger partial charge is 0.387 e. The van der Waals surface area contributed by atoms with E-state index in [-0.39, 0.29) is 18.0 Å². The second-order valence-corrected chi connectivity index (χ2v) is 4.43. The van der Waals surface area contributed by atoms with Crippen LogP contribution in [0.2, 0.25) is 0 Å². The Morgan fingerprint density at radius 2 is 1.71 bits per heavy atom. The first-order valence-electron chi connectivity index (χ1n) is 6.35. The number of halogens is 3. The van der Waals surface area contributed by atoms with E-state index < -0.39 is 12.7 Å². The zero-order valence-electron chi connectivity index (χ0n) is 11.1. The van der Waals surface area contributed by atoms with Gasteiger partial charge in [-0.1, -0.05) is 36.4 Å². The molecule has 2 rings (SSSR count). The summed E-state index contributed by atoms with van der Waals surface area (Å²) in [5, 5.41) is 0. The summed E-state index contributed by atoms with van der Waals surface area (Å²) in [5.74, 6) is 5.14. The van der Waals surface area contributed by atoms with E-state index in [2.05, 4.69) is 10.2 Å². The average molecular weight is 296 g/mol. The summed E-state index contributed by atoms with van der Waals surface area (Å²) in [6.45, 7) is -2.93. The fourth-order valence-corrected chi connectivity index (χ4v) is 2.11. The van der Waals surface area contributed by atoms with Gasteiger partial charge >= 0.3 is 6.61 Å². The Morgan fingerprint density at radius 1 is 1.05 bits per heavy atom. The SMILES string of the molecule is NNC(Cc1ccccc1F)c1ccccc1OC(F)F. The van der Waals surface area contributed by atoms with Crippen LogP contribution in [0.3, 0.4) is 0 Å². The van der Waals surface area contributed by atoms with Crippen LogP contribution in [-0.2, 0) is 6.42 Å². The summed E-state index contributed by atoms with van der Waals surface area (Å²) in [6.07, 6.45) is 0.215. The largest absolute Gasteiger partial charge is 0.434 e. The summed E-state index contributed by atoms with van der Waals surface area (Å²) in [5.41, 5.74) is 3.40. The number of para-hydroxylation sites is 1. The van der Waals surface area contributed by atoms with Crippen LogP contribution in [0.1, 0.15) is 17.2 Å². The monoisotopic (exact) mass is 296 g/mol. The zero-order valence-corrected chi connectivity index (χ0v) is 11.1. The van der Waals surface area contributed by atoms with Gasteiger partial charge in [-0.3, -0.25) is 11.3 Å². The van der Waals surface area contributed by atoms with Crippen LogP contribution in [0, 0.1) is 5.82 Å². The molecule has 0 spiro atoms. The molecule has 0 fully saturated rings. The highest BCUT2D eigenvalue weighted by molar-refractivity contribution is 5.37. The van der Waals surface area contributed by atoms with E-state index in [1.54, 1.807) is 36.4 Å². The van der Waals surface area contributed by atoms with Crippen molar-refractivity contribution in [1.29, 1.82) is 0 Å². The highest BCUT2D eigenvalue weighted by Crippen LogP contribution is 2.28. The number of hydrogen-bond acceptors (Lipinski definition) is 3. The lowest BCUT2D eigenvalue weighted by atomic mass is 9.98. The van der Waals surface area contributed by atoms with Crippen LogP contribution in [0.25, 0.3) is 0 Å². The van der Waals surface area contributed by atoms with Gasteiger partial charge in [-0.2, -0.15) is 8.78 Å². The van der Waals surface area contributed by atoms with Crippen LogP contribution < -0.4 is 16.0 Å². The number of ether oxygens (including phenoxy) is 1. The summed E-state index contributed by atoms with van der Waals surface area (Å²) in [4.78, 5) is 0. The minimum Gasteiger partial charge on any atom is -0.434 e. The molecule has 3 nitrogen and oxygen atoms in total. The normalized spacial score (nSPS) is 12.4. The molecule has 0 bridgehead atoms. The number of nitrogens with two attached hydrogens (primary N) is 1.